The van der Waals surface area contributed by atoms with Gasteiger partial charge in [0.05, 0.1) is 5.84 Å². The van der Waals surface area contributed by atoms with Crippen molar-refractivity contribution in [1.29, 1.82) is 5.41 Å². The highest BCUT2D eigenvalue weighted by Crippen LogP contribution is 2.02. The summed E-state index contributed by atoms with van der Waals surface area (Å²) in [4.78, 5) is 0. The Balaban J connectivity index is 2.19. The average molecular weight is 140 g/mol. The SMILES string of the molecule is CC(=N)NC1CC[N]CC1. The van der Waals surface area contributed by atoms with Crippen LogP contribution in [0.5, 0.6) is 0 Å². The van der Waals surface area contributed by atoms with Crippen molar-refractivity contribution in [2.24, 2.45) is 0 Å². The van der Waals surface area contributed by atoms with E-state index in [0.717, 1.165) is 25.9 Å². The molecule has 1 rings (SSSR count). The van der Waals surface area contributed by atoms with Crippen LogP contribution in [0.4, 0.5) is 0 Å². The smallest absolute Gasteiger partial charge is 0.0901 e. The van der Waals surface area contributed by atoms with E-state index in [4.69, 9.17) is 5.41 Å². The Morgan fingerprint density at radius 2 is 2.10 bits per heavy atom. The van der Waals surface area contributed by atoms with Crippen LogP contribution in [0.3, 0.4) is 0 Å². The molecular formula is C7H14N3. The molecule has 0 aromatic heterocycles. The maximum Gasteiger partial charge on any atom is 0.0901 e. The molecule has 0 amide bonds. The monoisotopic (exact) mass is 140 g/mol. The zero-order valence-electron chi connectivity index (χ0n) is 6.35. The number of hydrogen-bond acceptors (Lipinski definition) is 1. The Labute approximate surface area is 61.7 Å². The van der Waals surface area contributed by atoms with Gasteiger partial charge in [0.25, 0.3) is 0 Å². The van der Waals surface area contributed by atoms with Crippen molar-refractivity contribution in [1.82, 2.24) is 10.6 Å². The molecule has 0 aromatic carbocycles. The number of hydrogen-bond donors (Lipinski definition) is 2. The van der Waals surface area contributed by atoms with E-state index in [1.807, 2.05) is 0 Å². The third kappa shape index (κ3) is 2.35. The minimum Gasteiger partial charge on any atom is -0.371 e. The first-order valence-corrected chi connectivity index (χ1v) is 3.74. The van der Waals surface area contributed by atoms with Crippen LogP contribution < -0.4 is 10.6 Å². The molecule has 0 aliphatic carbocycles. The highest BCUT2D eigenvalue weighted by atomic mass is 15.0. The predicted molar refractivity (Wildman–Crippen MR) is 41.4 cm³/mol. The molecule has 1 saturated heterocycles. The van der Waals surface area contributed by atoms with Gasteiger partial charge in [0.1, 0.15) is 0 Å². The molecule has 10 heavy (non-hydrogen) atoms. The van der Waals surface area contributed by atoms with Crippen molar-refractivity contribution in [3.63, 3.8) is 0 Å². The third-order valence-corrected chi connectivity index (χ3v) is 1.69. The molecule has 57 valence electrons. The van der Waals surface area contributed by atoms with E-state index in [0.29, 0.717) is 11.9 Å². The Hall–Kier alpha value is -0.570. The van der Waals surface area contributed by atoms with Crippen LogP contribution >= 0.6 is 0 Å². The van der Waals surface area contributed by atoms with Crippen molar-refractivity contribution < 1.29 is 0 Å². The molecule has 0 spiro atoms. The van der Waals surface area contributed by atoms with Crippen LogP contribution in [0.15, 0.2) is 0 Å². The van der Waals surface area contributed by atoms with Crippen molar-refractivity contribution in [2.45, 2.75) is 25.8 Å². The highest BCUT2D eigenvalue weighted by molar-refractivity contribution is 5.76. The normalized spacial score (nSPS) is 20.5. The molecule has 0 saturated carbocycles. The van der Waals surface area contributed by atoms with Crippen LogP contribution in [0.1, 0.15) is 19.8 Å². The topological polar surface area (TPSA) is 50.0 Å². The number of rotatable bonds is 1. The van der Waals surface area contributed by atoms with E-state index in [2.05, 4.69) is 10.6 Å². The zero-order valence-corrected chi connectivity index (χ0v) is 6.35. The second-order valence-electron chi connectivity index (χ2n) is 2.71. The fourth-order valence-corrected chi connectivity index (χ4v) is 1.20. The summed E-state index contributed by atoms with van der Waals surface area (Å²) in [6, 6.07) is 0.509. The molecule has 1 aliphatic heterocycles. The van der Waals surface area contributed by atoms with Gasteiger partial charge in [-0.15, -0.1) is 0 Å². The fraction of sp³-hybridized carbons (Fsp3) is 0.857. The molecule has 2 N–H and O–H groups in total. The van der Waals surface area contributed by atoms with Crippen LogP contribution in [-0.2, 0) is 0 Å². The van der Waals surface area contributed by atoms with Gasteiger partial charge in [0, 0.05) is 19.1 Å². The average Bonchev–Trinajstić information content (AvgIpc) is 1.88. The van der Waals surface area contributed by atoms with Gasteiger partial charge >= 0.3 is 0 Å². The van der Waals surface area contributed by atoms with E-state index < -0.39 is 0 Å². The van der Waals surface area contributed by atoms with Crippen LogP contribution in [0, 0.1) is 5.41 Å². The van der Waals surface area contributed by atoms with Gasteiger partial charge in [-0.1, -0.05) is 0 Å². The quantitative estimate of drug-likeness (QED) is 0.400. The van der Waals surface area contributed by atoms with Crippen LogP contribution in [0.25, 0.3) is 0 Å². The summed E-state index contributed by atoms with van der Waals surface area (Å²) in [5, 5.41) is 14.5. The van der Waals surface area contributed by atoms with Gasteiger partial charge in [-0.05, 0) is 19.8 Å². The number of amidine groups is 1. The van der Waals surface area contributed by atoms with E-state index >= 15 is 0 Å². The number of nitrogens with one attached hydrogen (secondary N) is 2. The lowest BCUT2D eigenvalue weighted by atomic mass is 10.1. The second-order valence-corrected chi connectivity index (χ2v) is 2.71. The number of piperidine rings is 1. The maximum absolute atomic E-state index is 7.19. The standard InChI is InChI=1S/C7H14N3/c1-6(8)10-7-2-4-9-5-3-7/h7H,2-5H2,1H3,(H2,8,10). The summed E-state index contributed by atoms with van der Waals surface area (Å²) >= 11 is 0. The summed E-state index contributed by atoms with van der Waals surface area (Å²) in [7, 11) is 0. The Morgan fingerprint density at radius 1 is 1.50 bits per heavy atom. The molecule has 1 radical (unpaired) electrons. The predicted octanol–water partition coefficient (Wildman–Crippen LogP) is 0.340. The molecule has 3 heteroatoms. The zero-order chi connectivity index (χ0) is 7.40. The molecule has 0 atom stereocenters. The largest absolute Gasteiger partial charge is 0.371 e. The van der Waals surface area contributed by atoms with Crippen molar-refractivity contribution in [2.75, 3.05) is 13.1 Å². The lowest BCUT2D eigenvalue weighted by Gasteiger charge is -2.22. The molecule has 3 nitrogen and oxygen atoms in total. The lowest BCUT2D eigenvalue weighted by molar-refractivity contribution is 0.422. The fourth-order valence-electron chi connectivity index (χ4n) is 1.20. The van der Waals surface area contributed by atoms with Crippen LogP contribution in [-0.4, -0.2) is 25.0 Å². The molecule has 1 fully saturated rings. The first kappa shape index (κ1) is 7.54. The summed E-state index contributed by atoms with van der Waals surface area (Å²) in [6.45, 7) is 3.71. The van der Waals surface area contributed by atoms with Gasteiger partial charge in [0.2, 0.25) is 0 Å². The number of nitrogens with zero attached hydrogens (tertiary/aromatic N) is 1. The van der Waals surface area contributed by atoms with Gasteiger partial charge in [-0.3, -0.25) is 5.41 Å². The first-order valence-electron chi connectivity index (χ1n) is 3.74. The van der Waals surface area contributed by atoms with Gasteiger partial charge in [-0.2, -0.15) is 0 Å². The third-order valence-electron chi connectivity index (χ3n) is 1.69. The van der Waals surface area contributed by atoms with Gasteiger partial charge < -0.3 is 5.32 Å². The molecule has 0 bridgehead atoms. The van der Waals surface area contributed by atoms with Gasteiger partial charge in [-0.25, -0.2) is 5.32 Å². The van der Waals surface area contributed by atoms with E-state index in [1.165, 1.54) is 0 Å². The van der Waals surface area contributed by atoms with E-state index in [-0.39, 0.29) is 0 Å². The highest BCUT2D eigenvalue weighted by Gasteiger charge is 2.12. The minimum atomic E-state index is 0.509. The first-order chi connectivity index (χ1) is 4.79. The van der Waals surface area contributed by atoms with Gasteiger partial charge in [0.15, 0.2) is 0 Å². The Bertz CT molecular complexity index is 116. The summed E-state index contributed by atoms with van der Waals surface area (Å²) < 4.78 is 0. The Kier molecular flexibility index (Phi) is 2.68. The molecule has 1 heterocycles. The minimum absolute atomic E-state index is 0.509. The van der Waals surface area contributed by atoms with Crippen molar-refractivity contribution in [3.05, 3.63) is 0 Å². The Morgan fingerprint density at radius 3 is 2.60 bits per heavy atom. The lowest BCUT2D eigenvalue weighted by Crippen LogP contribution is -2.39. The van der Waals surface area contributed by atoms with Crippen LogP contribution in [0.2, 0.25) is 0 Å². The van der Waals surface area contributed by atoms with E-state index in [1.54, 1.807) is 6.92 Å². The van der Waals surface area contributed by atoms with E-state index in [9.17, 15) is 0 Å². The summed E-state index contributed by atoms with van der Waals surface area (Å²) in [6.07, 6.45) is 2.19. The molecule has 0 unspecified atom stereocenters. The summed E-state index contributed by atoms with van der Waals surface area (Å²) in [5.74, 6) is 0.576. The molecule has 0 aromatic rings. The second kappa shape index (κ2) is 3.56. The molecule has 1 aliphatic rings. The maximum atomic E-state index is 7.19. The summed E-state index contributed by atoms with van der Waals surface area (Å²) in [5.41, 5.74) is 0. The molecular weight excluding hydrogens is 126 g/mol. The van der Waals surface area contributed by atoms with Crippen molar-refractivity contribution in [3.8, 4) is 0 Å². The van der Waals surface area contributed by atoms with Crippen molar-refractivity contribution >= 4 is 5.84 Å².